The number of nitrogens with one attached hydrogen (secondary N) is 3. The van der Waals surface area contributed by atoms with Gasteiger partial charge in [-0.2, -0.15) is 12.6 Å². The minimum atomic E-state index is -1.61. The summed E-state index contributed by atoms with van der Waals surface area (Å²) in [6.07, 6.45) is 0.948. The Morgan fingerprint density at radius 2 is 1.44 bits per heavy atom. The van der Waals surface area contributed by atoms with Crippen LogP contribution in [-0.4, -0.2) is 76.3 Å². The van der Waals surface area contributed by atoms with E-state index >= 15 is 0 Å². The third-order valence-corrected chi connectivity index (χ3v) is 5.52. The summed E-state index contributed by atoms with van der Waals surface area (Å²) in [6, 6.07) is 0.862. The third kappa shape index (κ3) is 10.9. The number of benzene rings is 1. The molecule has 1 rings (SSSR count). The van der Waals surface area contributed by atoms with E-state index in [-0.39, 0.29) is 17.9 Å². The monoisotopic (exact) mass is 526 g/mol. The van der Waals surface area contributed by atoms with Gasteiger partial charge >= 0.3 is 5.97 Å². The molecule has 200 valence electrons. The van der Waals surface area contributed by atoms with Crippen molar-refractivity contribution in [3.05, 3.63) is 29.8 Å². The molecule has 0 bridgehead atoms. The van der Waals surface area contributed by atoms with Crippen LogP contribution in [0, 0.1) is 0 Å². The summed E-state index contributed by atoms with van der Waals surface area (Å²) in [5.74, 6) is -4.78. The fourth-order valence-electron chi connectivity index (χ4n) is 3.14. The summed E-state index contributed by atoms with van der Waals surface area (Å²) in [4.78, 5) is 60.8. The topological polar surface area (TPSA) is 240 Å². The van der Waals surface area contributed by atoms with Gasteiger partial charge in [0, 0.05) is 12.2 Å². The van der Waals surface area contributed by atoms with Crippen molar-refractivity contribution in [2.75, 3.05) is 12.3 Å². The Bertz CT molecular complexity index is 915. The first-order chi connectivity index (χ1) is 17.0. The zero-order valence-corrected chi connectivity index (χ0v) is 20.6. The lowest BCUT2D eigenvalue weighted by atomic mass is 10.0. The fourth-order valence-corrected chi connectivity index (χ4v) is 3.39. The largest absolute Gasteiger partial charge is 0.508 e. The number of carbonyl (C=O) groups is 5. The van der Waals surface area contributed by atoms with Crippen LogP contribution in [-0.2, 0) is 30.4 Å². The van der Waals surface area contributed by atoms with Gasteiger partial charge in [0.25, 0.3) is 0 Å². The van der Waals surface area contributed by atoms with Crippen LogP contribution in [0.5, 0.6) is 5.75 Å². The van der Waals surface area contributed by atoms with Gasteiger partial charge in [-0.05, 0) is 37.1 Å². The predicted octanol–water partition coefficient (Wildman–Crippen LogP) is -2.26. The van der Waals surface area contributed by atoms with E-state index in [1.807, 2.05) is 0 Å². The van der Waals surface area contributed by atoms with Crippen molar-refractivity contribution in [1.29, 1.82) is 0 Å². The molecule has 11 N–H and O–H groups in total. The molecule has 0 aromatic heterocycles. The molecular formula is C22H34N6O7S. The number of aromatic hydroxyl groups is 1. The highest BCUT2D eigenvalue weighted by Gasteiger charge is 2.30. The number of nitrogens with two attached hydrogens (primary N) is 3. The number of aliphatic carboxylic acids is 1. The Labute approximate surface area is 213 Å². The number of amides is 4. The Morgan fingerprint density at radius 3 is 1.97 bits per heavy atom. The molecule has 0 radical (unpaired) electrons. The van der Waals surface area contributed by atoms with Gasteiger partial charge in [0.05, 0.1) is 12.5 Å². The quantitative estimate of drug-likeness (QED) is 0.0832. The van der Waals surface area contributed by atoms with E-state index in [1.165, 1.54) is 24.3 Å². The molecule has 4 unspecified atom stereocenters. The number of carbonyl (C=O) groups excluding carboxylic acids is 4. The molecule has 0 aliphatic carbocycles. The van der Waals surface area contributed by atoms with E-state index in [4.69, 9.17) is 17.2 Å². The van der Waals surface area contributed by atoms with Gasteiger partial charge in [0.2, 0.25) is 23.6 Å². The fraction of sp³-hybridized carbons (Fsp3) is 0.500. The van der Waals surface area contributed by atoms with Crippen LogP contribution in [0.2, 0.25) is 0 Å². The van der Waals surface area contributed by atoms with Crippen molar-refractivity contribution in [2.45, 2.75) is 56.3 Å². The van der Waals surface area contributed by atoms with Crippen LogP contribution in [0.3, 0.4) is 0 Å². The van der Waals surface area contributed by atoms with Gasteiger partial charge in [-0.25, -0.2) is 4.79 Å². The van der Waals surface area contributed by atoms with E-state index in [0.717, 1.165) is 0 Å². The van der Waals surface area contributed by atoms with E-state index < -0.39 is 60.2 Å². The second kappa shape index (κ2) is 15.6. The summed E-state index contributed by atoms with van der Waals surface area (Å²) in [7, 11) is 0. The lowest BCUT2D eigenvalue weighted by molar-refractivity contribution is -0.143. The SMILES string of the molecule is NCCCCC(N)C(=O)NC(CS)C(=O)NC(Cc1ccc(O)cc1)C(=O)NC(CC(N)=O)C(=O)O. The highest BCUT2D eigenvalue weighted by atomic mass is 32.1. The summed E-state index contributed by atoms with van der Waals surface area (Å²) in [6.45, 7) is 0.461. The Hall–Kier alpha value is -3.36. The first-order valence-corrected chi connectivity index (χ1v) is 11.9. The van der Waals surface area contributed by atoms with Gasteiger partial charge in [0.15, 0.2) is 0 Å². The van der Waals surface area contributed by atoms with E-state index in [1.54, 1.807) is 0 Å². The standard InChI is InChI=1S/C22H34N6O7S/c23-8-2-1-3-14(24)19(31)28-17(11-36)21(33)26-15(9-12-4-6-13(29)7-5-12)20(32)27-16(22(34)35)10-18(25)30/h4-7,14-17,29,36H,1-3,8-11,23-24H2,(H2,25,30)(H,26,33)(H,27,32)(H,28,31)(H,34,35). The molecule has 1 aromatic rings. The zero-order chi connectivity index (χ0) is 27.3. The van der Waals surface area contributed by atoms with E-state index in [9.17, 15) is 34.2 Å². The van der Waals surface area contributed by atoms with Crippen LogP contribution in [0.1, 0.15) is 31.2 Å². The van der Waals surface area contributed by atoms with Gasteiger partial charge in [-0.1, -0.05) is 18.6 Å². The number of carboxylic acid groups (broad SMARTS) is 1. The number of primary amides is 1. The molecule has 0 saturated carbocycles. The maximum Gasteiger partial charge on any atom is 0.326 e. The normalized spacial score (nSPS) is 14.1. The molecule has 36 heavy (non-hydrogen) atoms. The lowest BCUT2D eigenvalue weighted by Gasteiger charge is -2.24. The van der Waals surface area contributed by atoms with Gasteiger partial charge in [-0.15, -0.1) is 0 Å². The molecule has 0 saturated heterocycles. The first kappa shape index (κ1) is 30.7. The Kier molecular flexibility index (Phi) is 13.3. The zero-order valence-electron chi connectivity index (χ0n) is 19.7. The van der Waals surface area contributed by atoms with Crippen molar-refractivity contribution < 1.29 is 34.2 Å². The maximum atomic E-state index is 12.9. The number of unbranched alkanes of at least 4 members (excludes halogenated alkanes) is 1. The smallest absolute Gasteiger partial charge is 0.326 e. The van der Waals surface area contributed by atoms with Crippen LogP contribution >= 0.6 is 12.6 Å². The van der Waals surface area contributed by atoms with E-state index in [0.29, 0.717) is 31.4 Å². The van der Waals surface area contributed by atoms with Crippen LogP contribution in [0.4, 0.5) is 0 Å². The number of hydrogen-bond acceptors (Lipinski definition) is 9. The average molecular weight is 527 g/mol. The van der Waals surface area contributed by atoms with Crippen molar-refractivity contribution in [2.24, 2.45) is 17.2 Å². The summed E-state index contributed by atoms with van der Waals surface area (Å²) < 4.78 is 0. The summed E-state index contributed by atoms with van der Waals surface area (Å²) in [5, 5.41) is 25.9. The molecule has 0 aliphatic heterocycles. The molecule has 14 heteroatoms. The molecule has 0 fully saturated rings. The number of rotatable bonds is 16. The molecule has 13 nitrogen and oxygen atoms in total. The first-order valence-electron chi connectivity index (χ1n) is 11.2. The van der Waals surface area contributed by atoms with Crippen LogP contribution in [0.15, 0.2) is 24.3 Å². The van der Waals surface area contributed by atoms with Crippen molar-refractivity contribution in [1.82, 2.24) is 16.0 Å². The number of phenolic OH excluding ortho intramolecular Hbond substituents is 1. The van der Waals surface area contributed by atoms with Crippen molar-refractivity contribution >= 4 is 42.2 Å². The average Bonchev–Trinajstić information content (AvgIpc) is 2.82. The number of carboxylic acids is 1. The molecule has 0 spiro atoms. The molecular weight excluding hydrogens is 492 g/mol. The van der Waals surface area contributed by atoms with Gasteiger partial charge in [-0.3, -0.25) is 19.2 Å². The molecule has 4 amide bonds. The van der Waals surface area contributed by atoms with Crippen molar-refractivity contribution in [3.8, 4) is 5.75 Å². The highest BCUT2D eigenvalue weighted by molar-refractivity contribution is 7.80. The third-order valence-electron chi connectivity index (χ3n) is 5.15. The summed E-state index contributed by atoms with van der Waals surface area (Å²) in [5.41, 5.74) is 16.9. The maximum absolute atomic E-state index is 12.9. The molecule has 1 aromatic carbocycles. The molecule has 0 heterocycles. The highest BCUT2D eigenvalue weighted by Crippen LogP contribution is 2.12. The number of thiol groups is 1. The molecule has 0 aliphatic rings. The summed E-state index contributed by atoms with van der Waals surface area (Å²) >= 11 is 4.10. The Morgan fingerprint density at radius 1 is 0.889 bits per heavy atom. The molecule has 4 atom stereocenters. The minimum absolute atomic E-state index is 0.0168. The lowest BCUT2D eigenvalue weighted by Crippen LogP contribution is -2.58. The Balaban J connectivity index is 3.00. The second-order valence-corrected chi connectivity index (χ2v) is 8.50. The minimum Gasteiger partial charge on any atom is -0.508 e. The second-order valence-electron chi connectivity index (χ2n) is 8.14. The van der Waals surface area contributed by atoms with Gasteiger partial charge in [0.1, 0.15) is 23.9 Å². The van der Waals surface area contributed by atoms with E-state index in [2.05, 4.69) is 28.6 Å². The van der Waals surface area contributed by atoms with Crippen LogP contribution in [0.25, 0.3) is 0 Å². The number of phenols is 1. The number of hydrogen-bond donors (Lipinski definition) is 9. The van der Waals surface area contributed by atoms with Gasteiger partial charge < -0.3 is 43.4 Å². The predicted molar refractivity (Wildman–Crippen MR) is 134 cm³/mol. The van der Waals surface area contributed by atoms with Crippen LogP contribution < -0.4 is 33.2 Å². The van der Waals surface area contributed by atoms with Crippen molar-refractivity contribution in [3.63, 3.8) is 0 Å².